The maximum Gasteiger partial charge on any atom is 0.323 e. The molecular weight excluding hydrogens is 248 g/mol. The lowest BCUT2D eigenvalue weighted by Gasteiger charge is -2.36. The third kappa shape index (κ3) is 4.31. The fourth-order valence-electron chi connectivity index (χ4n) is 1.64. The van der Waals surface area contributed by atoms with Crippen LogP contribution in [0.25, 0.3) is 0 Å². The van der Waals surface area contributed by atoms with Crippen LogP contribution in [-0.4, -0.2) is 46.0 Å². The molecule has 0 aliphatic carbocycles. The van der Waals surface area contributed by atoms with Crippen molar-refractivity contribution in [3.05, 3.63) is 24.2 Å². The van der Waals surface area contributed by atoms with E-state index in [0.717, 1.165) is 0 Å². The van der Waals surface area contributed by atoms with Crippen LogP contribution in [-0.2, 0) is 11.3 Å². The zero-order valence-electron chi connectivity index (χ0n) is 11.7. The molecule has 2 amide bonds. The van der Waals surface area contributed by atoms with Gasteiger partial charge in [0.2, 0.25) is 0 Å². The summed E-state index contributed by atoms with van der Waals surface area (Å²) in [6.07, 6.45) is 1.53. The number of hydrogen-bond donors (Lipinski definition) is 1. The van der Waals surface area contributed by atoms with Gasteiger partial charge in [-0.1, -0.05) is 0 Å². The largest absolute Gasteiger partial charge is 0.480 e. The molecular formula is C13H20N2O4. The normalized spacial score (nSPS) is 11.2. The molecule has 6 heteroatoms. The van der Waals surface area contributed by atoms with E-state index in [1.165, 1.54) is 16.1 Å². The van der Waals surface area contributed by atoms with Crippen molar-refractivity contribution >= 4 is 12.0 Å². The maximum absolute atomic E-state index is 12.3. The van der Waals surface area contributed by atoms with Gasteiger partial charge in [0.05, 0.1) is 12.8 Å². The van der Waals surface area contributed by atoms with Crippen LogP contribution in [0.1, 0.15) is 26.5 Å². The second kappa shape index (κ2) is 5.77. The number of rotatable bonds is 4. The minimum absolute atomic E-state index is 0.304. The minimum Gasteiger partial charge on any atom is -0.480 e. The molecule has 6 nitrogen and oxygen atoms in total. The van der Waals surface area contributed by atoms with E-state index in [4.69, 9.17) is 9.52 Å². The maximum atomic E-state index is 12.3. The Morgan fingerprint density at radius 2 is 2.00 bits per heavy atom. The van der Waals surface area contributed by atoms with Gasteiger partial charge in [-0.3, -0.25) is 4.79 Å². The highest BCUT2D eigenvalue weighted by molar-refractivity contribution is 5.80. The number of furan rings is 1. The third-order valence-electron chi connectivity index (χ3n) is 2.63. The first-order chi connectivity index (χ1) is 8.71. The highest BCUT2D eigenvalue weighted by Crippen LogP contribution is 2.16. The van der Waals surface area contributed by atoms with Crippen molar-refractivity contribution < 1.29 is 19.1 Å². The zero-order valence-corrected chi connectivity index (χ0v) is 11.7. The van der Waals surface area contributed by atoms with E-state index in [9.17, 15) is 9.59 Å². The van der Waals surface area contributed by atoms with Crippen LogP contribution in [0.4, 0.5) is 4.79 Å². The van der Waals surface area contributed by atoms with Crippen molar-refractivity contribution in [1.29, 1.82) is 0 Å². The molecule has 1 rings (SSSR count). The Labute approximate surface area is 112 Å². The second-order valence-corrected chi connectivity index (χ2v) is 5.37. The number of hydrogen-bond acceptors (Lipinski definition) is 3. The van der Waals surface area contributed by atoms with E-state index < -0.39 is 11.5 Å². The number of carboxylic acid groups (broad SMARTS) is 1. The quantitative estimate of drug-likeness (QED) is 0.906. The lowest BCUT2D eigenvalue weighted by atomic mass is 10.1. The van der Waals surface area contributed by atoms with Crippen molar-refractivity contribution in [2.45, 2.75) is 32.9 Å². The van der Waals surface area contributed by atoms with Crippen LogP contribution in [0, 0.1) is 0 Å². The van der Waals surface area contributed by atoms with Crippen LogP contribution in [0.3, 0.4) is 0 Å². The average molecular weight is 268 g/mol. The van der Waals surface area contributed by atoms with Gasteiger partial charge in [-0.2, -0.15) is 0 Å². The minimum atomic E-state index is -1.03. The van der Waals surface area contributed by atoms with Crippen molar-refractivity contribution in [2.75, 3.05) is 13.6 Å². The molecule has 0 aliphatic heterocycles. The van der Waals surface area contributed by atoms with Gasteiger partial charge < -0.3 is 19.3 Å². The number of carbonyl (C=O) groups is 2. The average Bonchev–Trinajstić information content (AvgIpc) is 2.75. The highest BCUT2D eigenvalue weighted by atomic mass is 16.4. The number of carboxylic acids is 1. The van der Waals surface area contributed by atoms with Gasteiger partial charge in [-0.25, -0.2) is 4.79 Å². The van der Waals surface area contributed by atoms with E-state index in [1.54, 1.807) is 40.0 Å². The molecule has 0 spiro atoms. The van der Waals surface area contributed by atoms with Crippen molar-refractivity contribution in [1.82, 2.24) is 9.80 Å². The lowest BCUT2D eigenvalue weighted by Crippen LogP contribution is -2.52. The SMILES string of the molecule is CN(Cc1ccco1)C(=O)N(CC(=O)O)C(C)(C)C. The molecule has 0 unspecified atom stereocenters. The Hall–Kier alpha value is -1.98. The molecule has 0 atom stereocenters. The zero-order chi connectivity index (χ0) is 14.6. The van der Waals surface area contributed by atoms with Crippen molar-refractivity contribution in [2.24, 2.45) is 0 Å². The van der Waals surface area contributed by atoms with Gasteiger partial charge in [0.25, 0.3) is 0 Å². The summed E-state index contributed by atoms with van der Waals surface area (Å²) >= 11 is 0. The molecule has 0 radical (unpaired) electrons. The molecule has 106 valence electrons. The summed E-state index contributed by atoms with van der Waals surface area (Å²) < 4.78 is 5.17. The predicted octanol–water partition coefficient (Wildman–Crippen LogP) is 2.02. The van der Waals surface area contributed by atoms with Crippen LogP contribution in [0.15, 0.2) is 22.8 Å². The molecule has 1 heterocycles. The topological polar surface area (TPSA) is 74.0 Å². The predicted molar refractivity (Wildman–Crippen MR) is 69.7 cm³/mol. The summed E-state index contributed by atoms with van der Waals surface area (Å²) in [5.41, 5.74) is -0.563. The van der Waals surface area contributed by atoms with E-state index in [-0.39, 0.29) is 12.6 Å². The van der Waals surface area contributed by atoms with E-state index in [1.807, 2.05) is 0 Å². The highest BCUT2D eigenvalue weighted by Gasteiger charge is 2.30. The molecule has 0 aliphatic rings. The smallest absolute Gasteiger partial charge is 0.323 e. The molecule has 1 aromatic heterocycles. The molecule has 0 aromatic carbocycles. The van der Waals surface area contributed by atoms with E-state index >= 15 is 0 Å². The Morgan fingerprint density at radius 1 is 1.37 bits per heavy atom. The fraction of sp³-hybridized carbons (Fsp3) is 0.538. The van der Waals surface area contributed by atoms with Gasteiger partial charge in [0.15, 0.2) is 0 Å². The number of amides is 2. The van der Waals surface area contributed by atoms with Gasteiger partial charge >= 0.3 is 12.0 Å². The van der Waals surface area contributed by atoms with E-state index in [0.29, 0.717) is 12.3 Å². The fourth-order valence-corrected chi connectivity index (χ4v) is 1.64. The summed E-state index contributed by atoms with van der Waals surface area (Å²) in [5, 5.41) is 8.90. The number of urea groups is 1. The Kier molecular flexibility index (Phi) is 4.58. The summed E-state index contributed by atoms with van der Waals surface area (Å²) in [6, 6.07) is 3.17. The number of carbonyl (C=O) groups excluding carboxylic acids is 1. The molecule has 0 fully saturated rings. The standard InChI is InChI=1S/C13H20N2O4/c1-13(2,3)15(9-11(16)17)12(18)14(4)8-10-6-5-7-19-10/h5-7H,8-9H2,1-4H3,(H,16,17). The molecule has 0 saturated heterocycles. The summed E-state index contributed by atoms with van der Waals surface area (Å²) in [6.45, 7) is 5.38. The van der Waals surface area contributed by atoms with Crippen molar-refractivity contribution in [3.63, 3.8) is 0 Å². The van der Waals surface area contributed by atoms with Crippen LogP contribution in [0.2, 0.25) is 0 Å². The lowest BCUT2D eigenvalue weighted by molar-refractivity contribution is -0.138. The Morgan fingerprint density at radius 3 is 2.42 bits per heavy atom. The first-order valence-corrected chi connectivity index (χ1v) is 5.98. The molecule has 0 bridgehead atoms. The summed E-state index contributed by atoms with van der Waals surface area (Å²) in [7, 11) is 1.62. The first-order valence-electron chi connectivity index (χ1n) is 5.98. The second-order valence-electron chi connectivity index (χ2n) is 5.37. The molecule has 0 saturated carbocycles. The third-order valence-corrected chi connectivity index (χ3v) is 2.63. The van der Waals surface area contributed by atoms with Gasteiger partial charge in [0.1, 0.15) is 12.3 Å². The van der Waals surface area contributed by atoms with Crippen LogP contribution >= 0.6 is 0 Å². The van der Waals surface area contributed by atoms with Gasteiger partial charge in [0, 0.05) is 12.6 Å². The first kappa shape index (κ1) is 15.1. The summed E-state index contributed by atoms with van der Waals surface area (Å²) in [5.74, 6) is -0.380. The monoisotopic (exact) mass is 268 g/mol. The van der Waals surface area contributed by atoms with Crippen LogP contribution < -0.4 is 0 Å². The molecule has 1 N–H and O–H groups in total. The number of aliphatic carboxylic acids is 1. The van der Waals surface area contributed by atoms with E-state index in [2.05, 4.69) is 0 Å². The molecule has 19 heavy (non-hydrogen) atoms. The van der Waals surface area contributed by atoms with Crippen molar-refractivity contribution in [3.8, 4) is 0 Å². The Balaban J connectivity index is 2.78. The van der Waals surface area contributed by atoms with Gasteiger partial charge in [-0.15, -0.1) is 0 Å². The van der Waals surface area contributed by atoms with Gasteiger partial charge in [-0.05, 0) is 32.9 Å². The summed E-state index contributed by atoms with van der Waals surface area (Å²) in [4.78, 5) is 25.9. The Bertz CT molecular complexity index is 434. The van der Waals surface area contributed by atoms with Crippen LogP contribution in [0.5, 0.6) is 0 Å². The molecule has 1 aromatic rings. The number of nitrogens with zero attached hydrogens (tertiary/aromatic N) is 2.